The van der Waals surface area contributed by atoms with Crippen LogP contribution in [-0.4, -0.2) is 22.2 Å². The van der Waals surface area contributed by atoms with Crippen LogP contribution in [0.2, 0.25) is 0 Å². The van der Waals surface area contributed by atoms with Gasteiger partial charge >= 0.3 is 0 Å². The fourth-order valence-electron chi connectivity index (χ4n) is 2.25. The van der Waals surface area contributed by atoms with Crippen LogP contribution in [0, 0.1) is 5.92 Å². The summed E-state index contributed by atoms with van der Waals surface area (Å²) in [6.45, 7) is 0. The quantitative estimate of drug-likeness (QED) is 0.753. The number of thioether (sulfide) groups is 1. The van der Waals surface area contributed by atoms with Crippen LogP contribution in [0.15, 0.2) is 0 Å². The van der Waals surface area contributed by atoms with Gasteiger partial charge in [0.2, 0.25) is 0 Å². The summed E-state index contributed by atoms with van der Waals surface area (Å²) in [5.41, 5.74) is 0. The molecule has 2 aliphatic rings. The highest BCUT2D eigenvalue weighted by molar-refractivity contribution is 7.99. The van der Waals surface area contributed by atoms with Crippen LogP contribution in [0.4, 0.5) is 0 Å². The molecule has 0 radical (unpaired) electrons. The van der Waals surface area contributed by atoms with Gasteiger partial charge in [0, 0.05) is 11.0 Å². The monoisotopic (exact) mass is 200 g/mol. The molecule has 0 aromatic rings. The molecule has 1 N–H and O–H groups in total. The van der Waals surface area contributed by atoms with Gasteiger partial charge in [-0.25, -0.2) is 0 Å². The predicted molar refractivity (Wildman–Crippen MR) is 58.1 cm³/mol. The fraction of sp³-hybridized carbons (Fsp3) is 1.00. The van der Waals surface area contributed by atoms with Gasteiger partial charge in [0.25, 0.3) is 0 Å². The maximum absolute atomic E-state index is 9.81. The van der Waals surface area contributed by atoms with Gasteiger partial charge in [-0.1, -0.05) is 19.3 Å². The van der Waals surface area contributed by atoms with Crippen molar-refractivity contribution in [3.8, 4) is 0 Å². The lowest BCUT2D eigenvalue weighted by Gasteiger charge is -2.30. The Bertz CT molecular complexity index is 150. The Balaban J connectivity index is 1.60. The summed E-state index contributed by atoms with van der Waals surface area (Å²) in [4.78, 5) is 0. The summed E-state index contributed by atoms with van der Waals surface area (Å²) >= 11 is 2.02. The third kappa shape index (κ3) is 2.63. The molecule has 2 heteroatoms. The Morgan fingerprint density at radius 3 is 2.31 bits per heavy atom. The van der Waals surface area contributed by atoms with E-state index in [0.717, 1.165) is 11.0 Å². The summed E-state index contributed by atoms with van der Waals surface area (Å²) in [6, 6.07) is 0. The Morgan fingerprint density at radius 1 is 1.08 bits per heavy atom. The van der Waals surface area contributed by atoms with Crippen molar-refractivity contribution in [3.05, 3.63) is 0 Å². The average Bonchev–Trinajstić information content (AvgIpc) is 2.49. The number of hydrogen-bond acceptors (Lipinski definition) is 2. The molecule has 2 aliphatic carbocycles. The molecule has 0 bridgehead atoms. The number of hydrogen-bond donors (Lipinski definition) is 1. The van der Waals surface area contributed by atoms with Crippen molar-refractivity contribution in [2.45, 2.75) is 56.3 Å². The molecule has 0 heterocycles. The molecule has 0 aliphatic heterocycles. The smallest absolute Gasteiger partial charge is 0.0658 e. The molecule has 2 saturated carbocycles. The lowest BCUT2D eigenvalue weighted by Crippen LogP contribution is -2.29. The largest absolute Gasteiger partial charge is 0.392 e. The van der Waals surface area contributed by atoms with Crippen molar-refractivity contribution >= 4 is 11.8 Å². The second-order valence-corrected chi connectivity index (χ2v) is 5.83. The van der Waals surface area contributed by atoms with E-state index in [1.165, 1.54) is 44.9 Å². The summed E-state index contributed by atoms with van der Waals surface area (Å²) in [5, 5.41) is 10.7. The lowest BCUT2D eigenvalue weighted by molar-refractivity contribution is 0.0816. The molecular formula is C11H20OS. The van der Waals surface area contributed by atoms with Gasteiger partial charge < -0.3 is 5.11 Å². The zero-order chi connectivity index (χ0) is 9.10. The first-order valence-electron chi connectivity index (χ1n) is 5.66. The molecule has 2 fully saturated rings. The molecule has 0 saturated heterocycles. The van der Waals surface area contributed by atoms with Crippen LogP contribution in [0.1, 0.15) is 44.9 Å². The molecule has 13 heavy (non-hydrogen) atoms. The van der Waals surface area contributed by atoms with E-state index in [-0.39, 0.29) is 6.10 Å². The van der Waals surface area contributed by atoms with Gasteiger partial charge in [-0.15, -0.1) is 0 Å². The van der Waals surface area contributed by atoms with E-state index in [4.69, 9.17) is 0 Å². The van der Waals surface area contributed by atoms with Crippen LogP contribution < -0.4 is 0 Å². The molecule has 1 atom stereocenters. The molecular weight excluding hydrogens is 180 g/mol. The lowest BCUT2D eigenvalue weighted by atomic mass is 9.82. The maximum atomic E-state index is 9.81. The molecule has 0 amide bonds. The van der Waals surface area contributed by atoms with Crippen molar-refractivity contribution < 1.29 is 5.11 Å². The number of aliphatic hydroxyl groups excluding tert-OH is 1. The van der Waals surface area contributed by atoms with E-state index in [2.05, 4.69) is 0 Å². The van der Waals surface area contributed by atoms with Gasteiger partial charge in [-0.3, -0.25) is 0 Å². The SMILES string of the molecule is OC(CSC1CCCC1)C1CCC1. The van der Waals surface area contributed by atoms with E-state index in [9.17, 15) is 5.11 Å². The van der Waals surface area contributed by atoms with Crippen LogP contribution >= 0.6 is 11.8 Å². The van der Waals surface area contributed by atoms with E-state index in [1.807, 2.05) is 11.8 Å². The topological polar surface area (TPSA) is 20.2 Å². The summed E-state index contributed by atoms with van der Waals surface area (Å²) in [5.74, 6) is 1.64. The zero-order valence-corrected chi connectivity index (χ0v) is 9.06. The first-order valence-corrected chi connectivity index (χ1v) is 6.71. The zero-order valence-electron chi connectivity index (χ0n) is 8.24. The molecule has 2 rings (SSSR count). The van der Waals surface area contributed by atoms with E-state index in [0.29, 0.717) is 5.92 Å². The molecule has 1 nitrogen and oxygen atoms in total. The average molecular weight is 200 g/mol. The molecule has 1 unspecified atom stereocenters. The molecule has 0 aromatic carbocycles. The number of rotatable bonds is 4. The minimum Gasteiger partial charge on any atom is -0.392 e. The minimum atomic E-state index is -0.000602. The first kappa shape index (κ1) is 9.85. The van der Waals surface area contributed by atoms with Crippen molar-refractivity contribution in [2.24, 2.45) is 5.92 Å². The van der Waals surface area contributed by atoms with Gasteiger partial charge in [-0.05, 0) is 31.6 Å². The Kier molecular flexibility index (Phi) is 3.56. The van der Waals surface area contributed by atoms with Crippen LogP contribution in [0.5, 0.6) is 0 Å². The van der Waals surface area contributed by atoms with Crippen molar-refractivity contribution in [2.75, 3.05) is 5.75 Å². The van der Waals surface area contributed by atoms with Gasteiger partial charge in [-0.2, -0.15) is 11.8 Å². The molecule has 0 spiro atoms. The second-order valence-electron chi connectivity index (χ2n) is 4.50. The Hall–Kier alpha value is 0.310. The van der Waals surface area contributed by atoms with Gasteiger partial charge in [0.15, 0.2) is 0 Å². The van der Waals surface area contributed by atoms with Gasteiger partial charge in [0.1, 0.15) is 0 Å². The molecule has 76 valence electrons. The van der Waals surface area contributed by atoms with E-state index >= 15 is 0 Å². The van der Waals surface area contributed by atoms with Crippen LogP contribution in [0.3, 0.4) is 0 Å². The normalized spacial score (nSPS) is 27.5. The molecule has 0 aromatic heterocycles. The van der Waals surface area contributed by atoms with Crippen molar-refractivity contribution in [1.82, 2.24) is 0 Å². The standard InChI is InChI=1S/C11H20OS/c12-11(9-4-3-5-9)8-13-10-6-1-2-7-10/h9-12H,1-8H2. The van der Waals surface area contributed by atoms with E-state index in [1.54, 1.807) is 0 Å². The first-order chi connectivity index (χ1) is 6.36. The van der Waals surface area contributed by atoms with Crippen LogP contribution in [-0.2, 0) is 0 Å². The van der Waals surface area contributed by atoms with Crippen molar-refractivity contribution in [3.63, 3.8) is 0 Å². The fourth-order valence-corrected chi connectivity index (χ4v) is 3.66. The summed E-state index contributed by atoms with van der Waals surface area (Å²) in [7, 11) is 0. The number of aliphatic hydroxyl groups is 1. The second kappa shape index (κ2) is 4.70. The summed E-state index contributed by atoms with van der Waals surface area (Å²) < 4.78 is 0. The minimum absolute atomic E-state index is 0.000602. The highest BCUT2D eigenvalue weighted by Crippen LogP contribution is 2.34. The van der Waals surface area contributed by atoms with Crippen molar-refractivity contribution in [1.29, 1.82) is 0 Å². The third-order valence-corrected chi connectivity index (χ3v) is 4.98. The van der Waals surface area contributed by atoms with Gasteiger partial charge in [0.05, 0.1) is 6.10 Å². The Morgan fingerprint density at radius 2 is 1.77 bits per heavy atom. The maximum Gasteiger partial charge on any atom is 0.0658 e. The highest BCUT2D eigenvalue weighted by atomic mass is 32.2. The van der Waals surface area contributed by atoms with Crippen LogP contribution in [0.25, 0.3) is 0 Å². The third-order valence-electron chi connectivity index (χ3n) is 3.50. The predicted octanol–water partition coefficient (Wildman–Crippen LogP) is 2.82. The summed E-state index contributed by atoms with van der Waals surface area (Å²) in [6.07, 6.45) is 9.49. The van der Waals surface area contributed by atoms with E-state index < -0.39 is 0 Å². The Labute approximate surface area is 85.3 Å². The highest BCUT2D eigenvalue weighted by Gasteiger charge is 2.26.